The van der Waals surface area contributed by atoms with Crippen LogP contribution in [0, 0.1) is 0 Å². The molecule has 0 saturated carbocycles. The highest BCUT2D eigenvalue weighted by Crippen LogP contribution is 2.42. The van der Waals surface area contributed by atoms with E-state index >= 15 is 0 Å². The van der Waals surface area contributed by atoms with Gasteiger partial charge in [0.05, 0.1) is 24.2 Å². The van der Waals surface area contributed by atoms with Crippen molar-refractivity contribution in [1.82, 2.24) is 9.97 Å². The number of fused-ring (bicyclic) bond motifs is 3. The van der Waals surface area contributed by atoms with Crippen molar-refractivity contribution < 1.29 is 9.47 Å². The van der Waals surface area contributed by atoms with Gasteiger partial charge >= 0.3 is 0 Å². The van der Waals surface area contributed by atoms with Gasteiger partial charge in [-0.3, -0.25) is 0 Å². The third-order valence-corrected chi connectivity index (χ3v) is 6.75. The van der Waals surface area contributed by atoms with Gasteiger partial charge in [-0.05, 0) is 25.3 Å². The summed E-state index contributed by atoms with van der Waals surface area (Å²) in [5.74, 6) is 1.98. The van der Waals surface area contributed by atoms with Crippen molar-refractivity contribution in [3.8, 4) is 0 Å². The Morgan fingerprint density at radius 2 is 2.20 bits per heavy atom. The van der Waals surface area contributed by atoms with E-state index in [0.717, 1.165) is 47.4 Å². The molecule has 7 heteroatoms. The number of ether oxygens (including phenoxy) is 2. The lowest BCUT2D eigenvalue weighted by Crippen LogP contribution is -2.34. The minimum Gasteiger partial charge on any atom is -0.383 e. The van der Waals surface area contributed by atoms with Crippen LogP contribution < -0.4 is 5.32 Å². The Bertz CT molecular complexity index is 735. The predicted octanol–water partition coefficient (Wildman–Crippen LogP) is 4.49. The number of methoxy groups -OCH3 is 1. The third kappa shape index (κ3) is 4.10. The normalized spacial score (nSPS) is 20.0. The molecular formula is C18H27N3O2S2. The Labute approximate surface area is 157 Å². The molecule has 1 unspecified atom stereocenters. The lowest BCUT2D eigenvalue weighted by Gasteiger charge is -2.33. The smallest absolute Gasteiger partial charge is 0.190 e. The molecule has 0 radical (unpaired) electrons. The molecule has 0 aromatic carbocycles. The summed E-state index contributed by atoms with van der Waals surface area (Å²) in [6, 6.07) is 0. The molecule has 138 valence electrons. The summed E-state index contributed by atoms with van der Waals surface area (Å²) in [7, 11) is 1.72. The molecule has 0 fully saturated rings. The maximum Gasteiger partial charge on any atom is 0.190 e. The van der Waals surface area contributed by atoms with Gasteiger partial charge in [-0.2, -0.15) is 0 Å². The molecule has 2 aromatic rings. The molecule has 0 spiro atoms. The van der Waals surface area contributed by atoms with E-state index in [2.05, 4.69) is 26.1 Å². The van der Waals surface area contributed by atoms with Gasteiger partial charge in [0.25, 0.3) is 0 Å². The first-order valence-corrected chi connectivity index (χ1v) is 10.7. The molecular weight excluding hydrogens is 354 g/mol. The highest BCUT2D eigenvalue weighted by atomic mass is 32.2. The fraction of sp³-hybridized carbons (Fsp3) is 0.667. The van der Waals surface area contributed by atoms with Gasteiger partial charge in [-0.15, -0.1) is 11.3 Å². The minimum absolute atomic E-state index is 0.0968. The summed E-state index contributed by atoms with van der Waals surface area (Å²) < 4.78 is 11.3. The van der Waals surface area contributed by atoms with Gasteiger partial charge in [0.15, 0.2) is 5.16 Å². The molecule has 3 heterocycles. The Morgan fingerprint density at radius 3 is 2.92 bits per heavy atom. The van der Waals surface area contributed by atoms with Crippen molar-refractivity contribution in [2.45, 2.75) is 57.4 Å². The van der Waals surface area contributed by atoms with Crippen LogP contribution in [0.5, 0.6) is 0 Å². The Hall–Kier alpha value is -0.890. The van der Waals surface area contributed by atoms with Crippen molar-refractivity contribution in [3.63, 3.8) is 0 Å². The monoisotopic (exact) mass is 381 g/mol. The summed E-state index contributed by atoms with van der Waals surface area (Å²) in [5.41, 5.74) is 1.27. The average molecular weight is 382 g/mol. The molecule has 0 saturated heterocycles. The van der Waals surface area contributed by atoms with Gasteiger partial charge < -0.3 is 14.8 Å². The number of nitrogens with one attached hydrogen (secondary N) is 1. The van der Waals surface area contributed by atoms with Crippen molar-refractivity contribution in [2.24, 2.45) is 0 Å². The molecule has 3 rings (SSSR count). The van der Waals surface area contributed by atoms with E-state index in [1.165, 1.54) is 15.8 Å². The van der Waals surface area contributed by atoms with Gasteiger partial charge in [0.2, 0.25) is 0 Å². The third-order valence-electron chi connectivity index (χ3n) is 4.60. The quantitative estimate of drug-likeness (QED) is 0.413. The first-order valence-electron chi connectivity index (χ1n) is 8.92. The van der Waals surface area contributed by atoms with E-state index < -0.39 is 0 Å². The van der Waals surface area contributed by atoms with Crippen LogP contribution in [0.1, 0.15) is 44.1 Å². The van der Waals surface area contributed by atoms with Gasteiger partial charge in [0, 0.05) is 30.7 Å². The van der Waals surface area contributed by atoms with Crippen molar-refractivity contribution >= 4 is 39.1 Å². The standard InChI is InChI=1S/C18H27N3O2S2/c1-5-9-24-17-20-15(19-7-8-22-4)14-12-10-18(3,6-2)23-11-13(12)25-16(14)21-17/h5-11H2,1-4H3,(H,19,20,21). The largest absolute Gasteiger partial charge is 0.383 e. The molecule has 1 aliphatic heterocycles. The molecule has 1 atom stereocenters. The highest BCUT2D eigenvalue weighted by Gasteiger charge is 2.33. The second-order valence-corrected chi connectivity index (χ2v) is 8.72. The second kappa shape index (κ2) is 8.20. The van der Waals surface area contributed by atoms with Crippen molar-refractivity contribution in [3.05, 3.63) is 10.4 Å². The molecule has 1 aliphatic rings. The molecule has 25 heavy (non-hydrogen) atoms. The molecule has 0 aliphatic carbocycles. The Morgan fingerprint density at radius 1 is 1.36 bits per heavy atom. The second-order valence-electron chi connectivity index (χ2n) is 6.58. The number of nitrogens with zero attached hydrogens (tertiary/aromatic N) is 2. The SMILES string of the molecule is CCCSc1nc(NCCOC)c2c3c(sc2n1)COC(C)(CC)C3. The molecule has 5 nitrogen and oxygen atoms in total. The van der Waals surface area contributed by atoms with Crippen LogP contribution in [0.4, 0.5) is 5.82 Å². The van der Waals surface area contributed by atoms with Crippen LogP contribution in [-0.4, -0.2) is 41.6 Å². The fourth-order valence-electron chi connectivity index (χ4n) is 2.94. The van der Waals surface area contributed by atoms with Gasteiger partial charge in [0.1, 0.15) is 10.6 Å². The average Bonchev–Trinajstić information content (AvgIpc) is 2.97. The van der Waals surface area contributed by atoms with Crippen LogP contribution in [0.15, 0.2) is 5.16 Å². The molecule has 0 bridgehead atoms. The number of thiophene rings is 1. The van der Waals surface area contributed by atoms with E-state index in [4.69, 9.17) is 19.4 Å². The summed E-state index contributed by atoms with van der Waals surface area (Å²) in [5, 5.41) is 5.50. The molecule has 0 amide bonds. The van der Waals surface area contributed by atoms with E-state index in [-0.39, 0.29) is 5.60 Å². The topological polar surface area (TPSA) is 56.3 Å². The summed E-state index contributed by atoms with van der Waals surface area (Å²) in [4.78, 5) is 12.0. The zero-order valence-electron chi connectivity index (χ0n) is 15.5. The maximum absolute atomic E-state index is 6.12. The van der Waals surface area contributed by atoms with Crippen LogP contribution in [0.2, 0.25) is 0 Å². The number of anilines is 1. The summed E-state index contributed by atoms with van der Waals surface area (Å²) in [6.45, 7) is 8.64. The fourth-order valence-corrected chi connectivity index (χ4v) is 4.80. The van der Waals surface area contributed by atoms with Crippen LogP contribution in [0.3, 0.4) is 0 Å². The maximum atomic E-state index is 6.12. The van der Waals surface area contributed by atoms with Gasteiger partial charge in [-0.25, -0.2) is 9.97 Å². The summed E-state index contributed by atoms with van der Waals surface area (Å²) in [6.07, 6.45) is 3.03. The zero-order chi connectivity index (χ0) is 17.9. The highest BCUT2D eigenvalue weighted by molar-refractivity contribution is 7.99. The molecule has 1 N–H and O–H groups in total. The van der Waals surface area contributed by atoms with Gasteiger partial charge in [-0.1, -0.05) is 25.6 Å². The first kappa shape index (κ1) is 18.9. The van der Waals surface area contributed by atoms with E-state index in [9.17, 15) is 0 Å². The number of rotatable bonds is 8. The lowest BCUT2D eigenvalue weighted by atomic mass is 9.90. The molecule has 2 aromatic heterocycles. The van der Waals surface area contributed by atoms with Crippen molar-refractivity contribution in [2.75, 3.05) is 31.3 Å². The van der Waals surface area contributed by atoms with Crippen molar-refractivity contribution in [1.29, 1.82) is 0 Å². The lowest BCUT2D eigenvalue weighted by molar-refractivity contribution is -0.0542. The predicted molar refractivity (Wildman–Crippen MR) is 106 cm³/mol. The van der Waals surface area contributed by atoms with Crippen LogP contribution in [-0.2, 0) is 22.5 Å². The zero-order valence-corrected chi connectivity index (χ0v) is 17.1. The van der Waals surface area contributed by atoms with E-state index in [0.29, 0.717) is 13.2 Å². The Balaban J connectivity index is 2.03. The summed E-state index contributed by atoms with van der Waals surface area (Å²) >= 11 is 3.47. The first-order chi connectivity index (χ1) is 12.1. The number of hydrogen-bond acceptors (Lipinski definition) is 7. The van der Waals surface area contributed by atoms with E-state index in [1.54, 1.807) is 30.2 Å². The van der Waals surface area contributed by atoms with E-state index in [1.807, 2.05) is 0 Å². The van der Waals surface area contributed by atoms with Crippen LogP contribution in [0.25, 0.3) is 10.2 Å². The van der Waals surface area contributed by atoms with Crippen LogP contribution >= 0.6 is 23.1 Å². The number of aromatic nitrogens is 2. The number of hydrogen-bond donors (Lipinski definition) is 1. The Kier molecular flexibility index (Phi) is 6.20. The minimum atomic E-state index is -0.0968. The number of thioether (sulfide) groups is 1.